The second-order valence-electron chi connectivity index (χ2n) is 5.70. The molecule has 0 atom stereocenters. The minimum Gasteiger partial charge on any atom is -0.361 e. The van der Waals surface area contributed by atoms with E-state index in [1.807, 2.05) is 11.7 Å². The summed E-state index contributed by atoms with van der Waals surface area (Å²) in [5.41, 5.74) is 6.28. The average Bonchev–Trinajstić information content (AvgIpc) is 2.98. The van der Waals surface area contributed by atoms with E-state index in [-0.39, 0.29) is 0 Å². The smallest absolute Gasteiger partial charge is 0.0638 e. The highest BCUT2D eigenvalue weighted by molar-refractivity contribution is 5.83. The van der Waals surface area contributed by atoms with Crippen molar-refractivity contribution in [2.75, 3.05) is 6.54 Å². The first-order valence-electron chi connectivity index (χ1n) is 7.40. The van der Waals surface area contributed by atoms with Crippen LogP contribution in [-0.2, 0) is 20.0 Å². The van der Waals surface area contributed by atoms with Gasteiger partial charge in [0, 0.05) is 42.5 Å². The summed E-state index contributed by atoms with van der Waals surface area (Å²) in [6.07, 6.45) is 5.24. The number of nitrogens with zero attached hydrogens (tertiary/aromatic N) is 2. The number of aromatic nitrogens is 3. The minimum absolute atomic E-state index is 0.876. The molecule has 2 N–H and O–H groups in total. The Balaban J connectivity index is 1.59. The molecular weight excluding hydrogens is 260 g/mol. The molecule has 0 aliphatic rings. The van der Waals surface area contributed by atoms with Gasteiger partial charge in [0.15, 0.2) is 0 Å². The first-order chi connectivity index (χ1) is 10.1. The van der Waals surface area contributed by atoms with Crippen LogP contribution in [0.5, 0.6) is 0 Å². The summed E-state index contributed by atoms with van der Waals surface area (Å²) in [6, 6.07) is 6.55. The van der Waals surface area contributed by atoms with Crippen LogP contribution >= 0.6 is 0 Å². The van der Waals surface area contributed by atoms with Crippen LogP contribution in [0, 0.1) is 13.8 Å². The number of fused-ring (bicyclic) bond motifs is 1. The highest BCUT2D eigenvalue weighted by Crippen LogP contribution is 2.19. The predicted octanol–water partition coefficient (Wildman–Crippen LogP) is 2.85. The van der Waals surface area contributed by atoms with Crippen LogP contribution in [0.1, 0.15) is 22.4 Å². The van der Waals surface area contributed by atoms with Gasteiger partial charge >= 0.3 is 0 Å². The Bertz CT molecular complexity index is 751. The maximum Gasteiger partial charge on any atom is 0.0638 e. The first-order valence-corrected chi connectivity index (χ1v) is 7.40. The van der Waals surface area contributed by atoms with Crippen LogP contribution in [-0.4, -0.2) is 21.3 Å². The number of nitrogens with one attached hydrogen (secondary N) is 2. The molecule has 0 aliphatic heterocycles. The highest BCUT2D eigenvalue weighted by Gasteiger charge is 2.05. The number of rotatable bonds is 5. The molecule has 1 aromatic carbocycles. The molecule has 0 saturated heterocycles. The molecule has 0 fully saturated rings. The number of hydrogen-bond donors (Lipinski definition) is 2. The van der Waals surface area contributed by atoms with Crippen molar-refractivity contribution in [2.45, 2.75) is 26.8 Å². The molecule has 21 heavy (non-hydrogen) atoms. The largest absolute Gasteiger partial charge is 0.361 e. The second-order valence-corrected chi connectivity index (χ2v) is 5.70. The number of H-pyrrole nitrogens is 1. The molecule has 3 aromatic rings. The van der Waals surface area contributed by atoms with Gasteiger partial charge in [-0.3, -0.25) is 4.68 Å². The van der Waals surface area contributed by atoms with Gasteiger partial charge in [-0.25, -0.2) is 0 Å². The SMILES string of the molecule is Cc1ccc2[nH]cc(CCNCc3cn(C)nc3C)c2c1. The van der Waals surface area contributed by atoms with E-state index >= 15 is 0 Å². The van der Waals surface area contributed by atoms with Crippen LogP contribution in [0.3, 0.4) is 0 Å². The van der Waals surface area contributed by atoms with Gasteiger partial charge in [0.25, 0.3) is 0 Å². The lowest BCUT2D eigenvalue weighted by molar-refractivity contribution is 0.685. The number of aryl methyl sites for hydroxylation is 3. The Morgan fingerprint density at radius 2 is 2.10 bits per heavy atom. The first kappa shape index (κ1) is 13.9. The number of benzene rings is 1. The zero-order valence-electron chi connectivity index (χ0n) is 12.9. The zero-order valence-corrected chi connectivity index (χ0v) is 12.9. The Labute approximate surface area is 125 Å². The Hall–Kier alpha value is -2.07. The molecule has 3 rings (SSSR count). The summed E-state index contributed by atoms with van der Waals surface area (Å²) in [4.78, 5) is 3.35. The van der Waals surface area contributed by atoms with Crippen molar-refractivity contribution in [1.29, 1.82) is 0 Å². The van der Waals surface area contributed by atoms with Crippen molar-refractivity contribution in [2.24, 2.45) is 7.05 Å². The molecule has 0 aliphatic carbocycles. The summed E-state index contributed by atoms with van der Waals surface area (Å²) in [6.45, 7) is 6.04. The molecule has 0 amide bonds. The fourth-order valence-electron chi connectivity index (χ4n) is 2.77. The van der Waals surface area contributed by atoms with E-state index in [1.54, 1.807) is 0 Å². The van der Waals surface area contributed by atoms with Gasteiger partial charge in [0.1, 0.15) is 0 Å². The molecule has 2 heterocycles. The van der Waals surface area contributed by atoms with Crippen molar-refractivity contribution >= 4 is 10.9 Å². The van der Waals surface area contributed by atoms with Crippen molar-refractivity contribution in [1.82, 2.24) is 20.1 Å². The van der Waals surface area contributed by atoms with Crippen LogP contribution < -0.4 is 5.32 Å². The zero-order chi connectivity index (χ0) is 14.8. The van der Waals surface area contributed by atoms with Gasteiger partial charge in [0.2, 0.25) is 0 Å². The van der Waals surface area contributed by atoms with Crippen molar-refractivity contribution < 1.29 is 0 Å². The van der Waals surface area contributed by atoms with Crippen molar-refractivity contribution in [3.05, 3.63) is 53.0 Å². The van der Waals surface area contributed by atoms with Crippen LogP contribution in [0.15, 0.2) is 30.6 Å². The van der Waals surface area contributed by atoms with E-state index in [0.29, 0.717) is 0 Å². The minimum atomic E-state index is 0.876. The van der Waals surface area contributed by atoms with E-state index in [4.69, 9.17) is 0 Å². The summed E-state index contributed by atoms with van der Waals surface area (Å²) in [5, 5.41) is 9.21. The number of aromatic amines is 1. The van der Waals surface area contributed by atoms with Gasteiger partial charge in [0.05, 0.1) is 5.69 Å². The Kier molecular flexibility index (Phi) is 3.80. The van der Waals surface area contributed by atoms with E-state index in [0.717, 1.165) is 25.2 Å². The molecule has 0 radical (unpaired) electrons. The van der Waals surface area contributed by atoms with Crippen molar-refractivity contribution in [3.63, 3.8) is 0 Å². The van der Waals surface area contributed by atoms with Gasteiger partial charge in [-0.05, 0) is 44.5 Å². The molecule has 4 heteroatoms. The lowest BCUT2D eigenvalue weighted by Gasteiger charge is -2.04. The van der Waals surface area contributed by atoms with E-state index in [9.17, 15) is 0 Å². The second kappa shape index (κ2) is 5.74. The molecule has 0 spiro atoms. The van der Waals surface area contributed by atoms with E-state index in [2.05, 4.69) is 59.8 Å². The summed E-state index contributed by atoms with van der Waals surface area (Å²) in [7, 11) is 1.96. The molecular formula is C17H22N4. The van der Waals surface area contributed by atoms with Gasteiger partial charge < -0.3 is 10.3 Å². The molecule has 110 valence electrons. The Morgan fingerprint density at radius 1 is 1.24 bits per heavy atom. The third kappa shape index (κ3) is 3.00. The number of hydrogen-bond acceptors (Lipinski definition) is 2. The fraction of sp³-hybridized carbons (Fsp3) is 0.353. The van der Waals surface area contributed by atoms with Crippen LogP contribution in [0.25, 0.3) is 10.9 Å². The van der Waals surface area contributed by atoms with Gasteiger partial charge in [-0.2, -0.15) is 5.10 Å². The molecule has 4 nitrogen and oxygen atoms in total. The van der Waals surface area contributed by atoms with E-state index < -0.39 is 0 Å². The monoisotopic (exact) mass is 282 g/mol. The van der Waals surface area contributed by atoms with Crippen LogP contribution in [0.2, 0.25) is 0 Å². The third-order valence-corrected chi connectivity index (χ3v) is 3.92. The highest BCUT2D eigenvalue weighted by atomic mass is 15.2. The standard InChI is InChI=1S/C17H22N4/c1-12-4-5-17-16(8-12)14(10-19-17)6-7-18-9-15-11-21(3)20-13(15)2/h4-5,8,10-11,18-19H,6-7,9H2,1-3H3. The third-order valence-electron chi connectivity index (χ3n) is 3.92. The normalized spacial score (nSPS) is 11.4. The maximum absolute atomic E-state index is 4.36. The van der Waals surface area contributed by atoms with Gasteiger partial charge in [-0.1, -0.05) is 11.6 Å². The summed E-state index contributed by atoms with van der Waals surface area (Å²) < 4.78 is 1.87. The fourth-order valence-corrected chi connectivity index (χ4v) is 2.77. The molecule has 0 unspecified atom stereocenters. The molecule has 0 saturated carbocycles. The lowest BCUT2D eigenvalue weighted by Crippen LogP contribution is -2.16. The molecule has 2 aromatic heterocycles. The topological polar surface area (TPSA) is 45.6 Å². The van der Waals surface area contributed by atoms with Crippen LogP contribution in [0.4, 0.5) is 0 Å². The summed E-state index contributed by atoms with van der Waals surface area (Å²) >= 11 is 0. The van der Waals surface area contributed by atoms with E-state index in [1.165, 1.54) is 27.6 Å². The Morgan fingerprint density at radius 3 is 2.86 bits per heavy atom. The maximum atomic E-state index is 4.36. The predicted molar refractivity (Wildman–Crippen MR) is 86.4 cm³/mol. The summed E-state index contributed by atoms with van der Waals surface area (Å²) in [5.74, 6) is 0. The van der Waals surface area contributed by atoms with Crippen molar-refractivity contribution in [3.8, 4) is 0 Å². The average molecular weight is 282 g/mol. The molecule has 0 bridgehead atoms. The quantitative estimate of drug-likeness (QED) is 0.707. The van der Waals surface area contributed by atoms with Gasteiger partial charge in [-0.15, -0.1) is 0 Å². The lowest BCUT2D eigenvalue weighted by atomic mass is 10.1.